The molecule has 1 aromatic carbocycles. The third-order valence-corrected chi connectivity index (χ3v) is 2.91. The Morgan fingerprint density at radius 2 is 2.06 bits per heavy atom. The highest BCUT2D eigenvalue weighted by Crippen LogP contribution is 2.38. The minimum atomic E-state index is -4.05. The highest BCUT2D eigenvalue weighted by Gasteiger charge is 2.26. The van der Waals surface area contributed by atoms with E-state index in [9.17, 15) is 13.2 Å². The van der Waals surface area contributed by atoms with Crippen molar-refractivity contribution < 1.29 is 27.8 Å². The molecule has 1 aromatic rings. The first-order valence-corrected chi connectivity index (χ1v) is 5.64. The van der Waals surface area contributed by atoms with Gasteiger partial charge in [0.1, 0.15) is 4.90 Å². The molecule has 3 N–H and O–H groups in total. The summed E-state index contributed by atoms with van der Waals surface area (Å²) < 4.78 is 32.3. The lowest BCUT2D eigenvalue weighted by atomic mass is 10.2. The molecule has 0 saturated heterocycles. The smallest absolute Gasteiger partial charge is 0.335 e. The monoisotopic (exact) mass is 245 g/mol. The largest absolute Gasteiger partial charge is 0.478 e. The molecule has 0 bridgehead atoms. The number of rotatable bonds is 2. The predicted molar refractivity (Wildman–Crippen MR) is 50.9 cm³/mol. The first-order valence-electron chi connectivity index (χ1n) is 4.09. The number of hydrogen-bond acceptors (Lipinski definition) is 5. The molecule has 86 valence electrons. The van der Waals surface area contributed by atoms with Gasteiger partial charge in [0.15, 0.2) is 11.5 Å². The summed E-state index contributed by atoms with van der Waals surface area (Å²) in [5.74, 6) is -1.26. The van der Waals surface area contributed by atoms with Crippen molar-refractivity contribution in [3.8, 4) is 11.5 Å². The zero-order valence-electron chi connectivity index (χ0n) is 7.84. The number of carboxylic acid groups (broad SMARTS) is 1. The Bertz CT molecular complexity index is 564. The van der Waals surface area contributed by atoms with E-state index in [1.165, 1.54) is 6.07 Å². The van der Waals surface area contributed by atoms with Crippen LogP contribution < -0.4 is 14.6 Å². The quantitative estimate of drug-likeness (QED) is 0.742. The third kappa shape index (κ3) is 1.68. The van der Waals surface area contributed by atoms with E-state index in [0.717, 1.165) is 6.07 Å². The number of fused-ring (bicyclic) bond motifs is 1. The van der Waals surface area contributed by atoms with Crippen molar-refractivity contribution in [2.45, 2.75) is 4.90 Å². The van der Waals surface area contributed by atoms with Crippen molar-refractivity contribution in [1.82, 2.24) is 0 Å². The summed E-state index contributed by atoms with van der Waals surface area (Å²) in [6.07, 6.45) is 0. The fourth-order valence-corrected chi connectivity index (χ4v) is 2.02. The van der Waals surface area contributed by atoms with Crippen molar-refractivity contribution in [2.24, 2.45) is 5.14 Å². The van der Waals surface area contributed by atoms with E-state index in [1.807, 2.05) is 0 Å². The molecule has 8 heteroatoms. The number of nitrogens with two attached hydrogens (primary N) is 1. The Balaban J connectivity index is 2.73. The van der Waals surface area contributed by atoms with Crippen molar-refractivity contribution in [2.75, 3.05) is 6.79 Å². The summed E-state index contributed by atoms with van der Waals surface area (Å²) in [7, 11) is -4.05. The molecule has 1 heterocycles. The van der Waals surface area contributed by atoms with Gasteiger partial charge in [-0.25, -0.2) is 18.4 Å². The molecule has 0 aliphatic carbocycles. The van der Waals surface area contributed by atoms with Gasteiger partial charge in [-0.2, -0.15) is 0 Å². The molecule has 0 amide bonds. The number of carbonyl (C=O) groups is 1. The minimum Gasteiger partial charge on any atom is -0.478 e. The summed E-state index contributed by atoms with van der Waals surface area (Å²) in [6, 6.07) is 2.12. The molecule has 0 spiro atoms. The van der Waals surface area contributed by atoms with Crippen LogP contribution in [-0.4, -0.2) is 26.3 Å². The van der Waals surface area contributed by atoms with Gasteiger partial charge in [0.2, 0.25) is 16.8 Å². The number of primary sulfonamides is 1. The molecule has 16 heavy (non-hydrogen) atoms. The number of hydrogen-bond donors (Lipinski definition) is 2. The topological polar surface area (TPSA) is 116 Å². The molecular formula is C8H7NO6S. The SMILES string of the molecule is NS(=O)(=O)c1cc(C(=O)O)cc2c1OCO2. The van der Waals surface area contributed by atoms with Gasteiger partial charge in [-0.15, -0.1) is 0 Å². The van der Waals surface area contributed by atoms with Gasteiger partial charge in [-0.05, 0) is 12.1 Å². The number of sulfonamides is 1. The number of carboxylic acids is 1. The van der Waals surface area contributed by atoms with Crippen LogP contribution in [0.4, 0.5) is 0 Å². The van der Waals surface area contributed by atoms with E-state index in [1.54, 1.807) is 0 Å². The third-order valence-electron chi connectivity index (χ3n) is 1.99. The normalized spacial score (nSPS) is 13.8. The molecule has 0 atom stereocenters. The van der Waals surface area contributed by atoms with Crippen LogP contribution in [0.2, 0.25) is 0 Å². The van der Waals surface area contributed by atoms with E-state index in [-0.39, 0.29) is 28.8 Å². The average Bonchev–Trinajstić information content (AvgIpc) is 2.61. The zero-order valence-corrected chi connectivity index (χ0v) is 8.65. The molecule has 0 unspecified atom stereocenters. The first kappa shape index (κ1) is 10.7. The first-order chi connectivity index (χ1) is 7.39. The molecule has 1 aliphatic heterocycles. The van der Waals surface area contributed by atoms with Crippen LogP contribution in [0.3, 0.4) is 0 Å². The van der Waals surface area contributed by atoms with Crippen molar-refractivity contribution in [3.05, 3.63) is 17.7 Å². The number of benzene rings is 1. The van der Waals surface area contributed by atoms with E-state index < -0.39 is 16.0 Å². The van der Waals surface area contributed by atoms with Crippen molar-refractivity contribution in [1.29, 1.82) is 0 Å². The maximum atomic E-state index is 11.2. The second-order valence-electron chi connectivity index (χ2n) is 3.06. The zero-order chi connectivity index (χ0) is 11.9. The fourth-order valence-electron chi connectivity index (χ4n) is 1.31. The Morgan fingerprint density at radius 3 is 2.62 bits per heavy atom. The molecule has 0 radical (unpaired) electrons. The maximum Gasteiger partial charge on any atom is 0.335 e. The predicted octanol–water partition coefficient (Wildman–Crippen LogP) is -0.239. The molecule has 1 aliphatic rings. The summed E-state index contributed by atoms with van der Waals surface area (Å²) in [5, 5.41) is 13.7. The van der Waals surface area contributed by atoms with Crippen molar-refractivity contribution in [3.63, 3.8) is 0 Å². The second-order valence-corrected chi connectivity index (χ2v) is 4.59. The molecule has 7 nitrogen and oxygen atoms in total. The van der Waals surface area contributed by atoms with E-state index >= 15 is 0 Å². The standard InChI is InChI=1S/C8H7NO6S/c9-16(12,13)6-2-4(8(10)11)1-5-7(6)15-3-14-5/h1-2H,3H2,(H,10,11)(H2,9,12,13). The van der Waals surface area contributed by atoms with Gasteiger partial charge in [-0.3, -0.25) is 0 Å². The highest BCUT2D eigenvalue weighted by atomic mass is 32.2. The molecule has 0 aromatic heterocycles. The van der Waals surface area contributed by atoms with Crippen LogP contribution >= 0.6 is 0 Å². The molecule has 0 saturated carbocycles. The van der Waals surface area contributed by atoms with E-state index in [2.05, 4.69) is 0 Å². The number of aromatic carboxylic acids is 1. The van der Waals surface area contributed by atoms with Crippen LogP contribution in [0.1, 0.15) is 10.4 Å². The molecule has 0 fully saturated rings. The van der Waals surface area contributed by atoms with Crippen LogP contribution in [0.25, 0.3) is 0 Å². The lowest BCUT2D eigenvalue weighted by molar-refractivity contribution is 0.0696. The summed E-state index contributed by atoms with van der Waals surface area (Å²) in [5.41, 5.74) is -0.228. The minimum absolute atomic E-state index is 0.0486. The van der Waals surface area contributed by atoms with Crippen LogP contribution in [-0.2, 0) is 10.0 Å². The Morgan fingerprint density at radius 1 is 1.38 bits per heavy atom. The molecular weight excluding hydrogens is 238 g/mol. The van der Waals surface area contributed by atoms with Crippen LogP contribution in [0, 0.1) is 0 Å². The fraction of sp³-hybridized carbons (Fsp3) is 0.125. The Hall–Kier alpha value is -1.80. The van der Waals surface area contributed by atoms with E-state index in [4.69, 9.17) is 19.7 Å². The summed E-state index contributed by atoms with van der Waals surface area (Å²) in [4.78, 5) is 10.4. The Labute approximate surface area is 90.4 Å². The maximum absolute atomic E-state index is 11.2. The van der Waals surface area contributed by atoms with E-state index in [0.29, 0.717) is 0 Å². The lowest BCUT2D eigenvalue weighted by Crippen LogP contribution is -2.14. The van der Waals surface area contributed by atoms with Gasteiger partial charge in [0.25, 0.3) is 0 Å². The summed E-state index contributed by atoms with van der Waals surface area (Å²) in [6.45, 7) is -0.166. The average molecular weight is 245 g/mol. The number of ether oxygens (including phenoxy) is 2. The van der Waals surface area contributed by atoms with Crippen molar-refractivity contribution >= 4 is 16.0 Å². The van der Waals surface area contributed by atoms with Crippen LogP contribution in [0.15, 0.2) is 17.0 Å². The van der Waals surface area contributed by atoms with Crippen LogP contribution in [0.5, 0.6) is 11.5 Å². The van der Waals surface area contributed by atoms with Gasteiger partial charge >= 0.3 is 5.97 Å². The van der Waals surface area contributed by atoms with Gasteiger partial charge in [-0.1, -0.05) is 0 Å². The van der Waals surface area contributed by atoms with Gasteiger partial charge in [0.05, 0.1) is 5.56 Å². The molecule has 2 rings (SSSR count). The highest BCUT2D eigenvalue weighted by molar-refractivity contribution is 7.89. The second kappa shape index (κ2) is 3.35. The van der Waals surface area contributed by atoms with Gasteiger partial charge in [0, 0.05) is 0 Å². The summed E-state index contributed by atoms with van der Waals surface area (Å²) >= 11 is 0. The Kier molecular flexibility index (Phi) is 2.25. The lowest BCUT2D eigenvalue weighted by Gasteiger charge is -2.04. The van der Waals surface area contributed by atoms with Gasteiger partial charge < -0.3 is 14.6 Å².